The summed E-state index contributed by atoms with van der Waals surface area (Å²) in [6, 6.07) is 15.9. The molecule has 2 aliphatic rings. The van der Waals surface area contributed by atoms with Crippen molar-refractivity contribution >= 4 is 23.5 Å². The number of carbonyl (C=O) groups excluding carboxylic acids is 2. The maximum absolute atomic E-state index is 13.1. The van der Waals surface area contributed by atoms with Crippen LogP contribution in [0.3, 0.4) is 0 Å². The Morgan fingerprint density at radius 3 is 2.44 bits per heavy atom. The fourth-order valence-electron chi connectivity index (χ4n) is 3.75. The minimum absolute atomic E-state index is 0.0775. The van der Waals surface area contributed by atoms with E-state index in [4.69, 9.17) is 0 Å². The van der Waals surface area contributed by atoms with Crippen LogP contribution in [0.1, 0.15) is 28.8 Å². The zero-order valence-electron chi connectivity index (χ0n) is 13.4. The van der Waals surface area contributed by atoms with Crippen molar-refractivity contribution in [2.45, 2.75) is 25.0 Å². The Morgan fingerprint density at radius 2 is 1.72 bits per heavy atom. The molecule has 4 rings (SSSR count). The summed E-state index contributed by atoms with van der Waals surface area (Å²) in [5.41, 5.74) is -0.124. The number of carboxylic acid groups (broad SMARTS) is 1. The van der Waals surface area contributed by atoms with E-state index in [2.05, 4.69) is 0 Å². The number of carboxylic acids is 1. The van der Waals surface area contributed by atoms with Crippen molar-refractivity contribution in [3.63, 3.8) is 0 Å². The summed E-state index contributed by atoms with van der Waals surface area (Å²) in [4.78, 5) is 40.5. The van der Waals surface area contributed by atoms with Gasteiger partial charge in [0.1, 0.15) is 0 Å². The quantitative estimate of drug-likeness (QED) is 0.932. The molecule has 6 nitrogen and oxygen atoms in total. The van der Waals surface area contributed by atoms with Crippen molar-refractivity contribution in [1.29, 1.82) is 0 Å². The van der Waals surface area contributed by atoms with Crippen molar-refractivity contribution in [2.75, 3.05) is 4.90 Å². The molecule has 6 heteroatoms. The molecular formula is C19H16N2O4. The van der Waals surface area contributed by atoms with Gasteiger partial charge in [-0.25, -0.2) is 4.79 Å². The Morgan fingerprint density at radius 1 is 1.04 bits per heavy atom. The minimum atomic E-state index is -1.67. The third kappa shape index (κ3) is 2.07. The molecule has 0 bridgehead atoms. The molecule has 0 radical (unpaired) electrons. The smallest absolute Gasteiger partial charge is 0.351 e. The highest BCUT2D eigenvalue weighted by Gasteiger charge is 2.61. The molecule has 0 aliphatic carbocycles. The van der Waals surface area contributed by atoms with Crippen LogP contribution in [0.5, 0.6) is 0 Å². The van der Waals surface area contributed by atoms with Gasteiger partial charge in [0.15, 0.2) is 0 Å². The molecule has 2 aliphatic heterocycles. The molecule has 1 saturated heterocycles. The first kappa shape index (κ1) is 15.4. The van der Waals surface area contributed by atoms with Crippen LogP contribution in [0.15, 0.2) is 54.6 Å². The van der Waals surface area contributed by atoms with Crippen LogP contribution >= 0.6 is 0 Å². The lowest BCUT2D eigenvalue weighted by Crippen LogP contribution is -2.67. The van der Waals surface area contributed by atoms with Gasteiger partial charge >= 0.3 is 5.97 Å². The van der Waals surface area contributed by atoms with Gasteiger partial charge in [0.25, 0.3) is 5.91 Å². The molecule has 2 aromatic rings. The molecule has 1 fully saturated rings. The molecule has 0 spiro atoms. The van der Waals surface area contributed by atoms with E-state index < -0.39 is 11.6 Å². The number of para-hydroxylation sites is 1. The van der Waals surface area contributed by atoms with Crippen LogP contribution in [-0.4, -0.2) is 33.5 Å². The summed E-state index contributed by atoms with van der Waals surface area (Å²) in [6.45, 7) is 0.129. The van der Waals surface area contributed by atoms with Crippen LogP contribution in [0.2, 0.25) is 0 Å². The van der Waals surface area contributed by atoms with E-state index in [1.165, 1.54) is 9.80 Å². The third-order valence-corrected chi connectivity index (χ3v) is 4.90. The average molecular weight is 336 g/mol. The Labute approximate surface area is 144 Å². The fourth-order valence-corrected chi connectivity index (χ4v) is 3.75. The number of benzene rings is 2. The Hall–Kier alpha value is -3.15. The van der Waals surface area contributed by atoms with Gasteiger partial charge in [-0.2, -0.15) is 0 Å². The van der Waals surface area contributed by atoms with Gasteiger partial charge in [-0.15, -0.1) is 0 Å². The van der Waals surface area contributed by atoms with Crippen LogP contribution in [-0.2, 0) is 16.1 Å². The number of aliphatic carboxylic acids is 1. The lowest BCUT2D eigenvalue weighted by Gasteiger charge is -2.47. The SMILES string of the molecule is O=C1c2ccccc2N2C(=O)CCC2(C(=O)O)N1Cc1ccccc1. The molecule has 0 aromatic heterocycles. The van der Waals surface area contributed by atoms with E-state index in [1.54, 1.807) is 24.3 Å². The molecule has 1 atom stereocenters. The van der Waals surface area contributed by atoms with E-state index in [9.17, 15) is 19.5 Å². The standard InChI is InChI=1S/C19H16N2O4/c22-16-10-11-19(18(24)25)20(12-13-6-2-1-3-7-13)17(23)14-8-4-5-9-15(14)21(16)19/h1-9H,10-12H2,(H,24,25). The molecule has 2 aromatic carbocycles. The highest BCUT2D eigenvalue weighted by molar-refractivity contribution is 6.15. The normalized spacial score (nSPS) is 21.9. The summed E-state index contributed by atoms with van der Waals surface area (Å²) in [5, 5.41) is 10.0. The number of nitrogens with zero attached hydrogens (tertiary/aromatic N) is 2. The maximum atomic E-state index is 13.1. The van der Waals surface area contributed by atoms with Gasteiger partial charge in [-0.3, -0.25) is 14.5 Å². The first-order valence-electron chi connectivity index (χ1n) is 8.07. The number of hydrogen-bond donors (Lipinski definition) is 1. The summed E-state index contributed by atoms with van der Waals surface area (Å²) in [6.07, 6.45) is 0.174. The zero-order chi connectivity index (χ0) is 17.6. The summed E-state index contributed by atoms with van der Waals surface area (Å²) in [7, 11) is 0. The van der Waals surface area contributed by atoms with Crippen LogP contribution in [0, 0.1) is 0 Å². The number of carbonyl (C=O) groups is 3. The van der Waals surface area contributed by atoms with E-state index in [0.717, 1.165) is 5.56 Å². The van der Waals surface area contributed by atoms with Crippen LogP contribution in [0.4, 0.5) is 5.69 Å². The van der Waals surface area contributed by atoms with E-state index in [0.29, 0.717) is 11.3 Å². The second kappa shape index (κ2) is 5.44. The first-order chi connectivity index (χ1) is 12.1. The van der Waals surface area contributed by atoms with Crippen molar-refractivity contribution in [3.8, 4) is 0 Å². The van der Waals surface area contributed by atoms with Crippen molar-refractivity contribution in [3.05, 3.63) is 65.7 Å². The van der Waals surface area contributed by atoms with Crippen molar-refractivity contribution in [2.24, 2.45) is 0 Å². The molecule has 25 heavy (non-hydrogen) atoms. The molecule has 126 valence electrons. The maximum Gasteiger partial charge on any atom is 0.351 e. The first-order valence-corrected chi connectivity index (χ1v) is 8.07. The summed E-state index contributed by atoms with van der Waals surface area (Å²) in [5.74, 6) is -1.83. The molecule has 0 saturated carbocycles. The van der Waals surface area contributed by atoms with E-state index in [1.807, 2.05) is 30.3 Å². The third-order valence-electron chi connectivity index (χ3n) is 4.90. The number of hydrogen-bond acceptors (Lipinski definition) is 3. The zero-order valence-corrected chi connectivity index (χ0v) is 13.4. The van der Waals surface area contributed by atoms with E-state index >= 15 is 0 Å². The monoisotopic (exact) mass is 336 g/mol. The van der Waals surface area contributed by atoms with Gasteiger partial charge in [0.2, 0.25) is 11.6 Å². The number of anilines is 1. The van der Waals surface area contributed by atoms with E-state index in [-0.39, 0.29) is 31.2 Å². The Balaban J connectivity index is 1.91. The number of rotatable bonds is 3. The van der Waals surface area contributed by atoms with Crippen LogP contribution < -0.4 is 4.90 Å². The van der Waals surface area contributed by atoms with Crippen molar-refractivity contribution < 1.29 is 19.5 Å². The highest BCUT2D eigenvalue weighted by atomic mass is 16.4. The summed E-state index contributed by atoms with van der Waals surface area (Å²) < 4.78 is 0. The fraction of sp³-hybridized carbons (Fsp3) is 0.211. The minimum Gasteiger partial charge on any atom is -0.478 e. The average Bonchev–Trinajstić information content (AvgIpc) is 2.98. The summed E-state index contributed by atoms with van der Waals surface area (Å²) >= 11 is 0. The molecular weight excluding hydrogens is 320 g/mol. The molecule has 1 unspecified atom stereocenters. The van der Waals surface area contributed by atoms with Gasteiger partial charge in [-0.1, -0.05) is 42.5 Å². The second-order valence-electron chi connectivity index (χ2n) is 6.24. The highest BCUT2D eigenvalue weighted by Crippen LogP contribution is 2.45. The number of fused-ring (bicyclic) bond motifs is 3. The van der Waals surface area contributed by atoms with Gasteiger partial charge in [0, 0.05) is 19.4 Å². The largest absolute Gasteiger partial charge is 0.478 e. The topological polar surface area (TPSA) is 77.9 Å². The second-order valence-corrected chi connectivity index (χ2v) is 6.24. The Bertz CT molecular complexity index is 880. The lowest BCUT2D eigenvalue weighted by atomic mass is 9.96. The molecule has 1 N–H and O–H groups in total. The Kier molecular flexibility index (Phi) is 3.35. The van der Waals surface area contributed by atoms with Crippen LogP contribution in [0.25, 0.3) is 0 Å². The van der Waals surface area contributed by atoms with Gasteiger partial charge in [0.05, 0.1) is 11.3 Å². The number of amides is 2. The van der Waals surface area contributed by atoms with Crippen molar-refractivity contribution in [1.82, 2.24) is 4.90 Å². The lowest BCUT2D eigenvalue weighted by molar-refractivity contribution is -0.150. The predicted molar refractivity (Wildman–Crippen MR) is 89.8 cm³/mol. The predicted octanol–water partition coefficient (Wildman–Crippen LogP) is 2.25. The molecule has 2 amide bonds. The van der Waals surface area contributed by atoms with Gasteiger partial charge < -0.3 is 10.0 Å². The molecule has 2 heterocycles. The van der Waals surface area contributed by atoms with Gasteiger partial charge in [-0.05, 0) is 17.7 Å².